The van der Waals surface area contributed by atoms with Crippen LogP contribution in [0.5, 0.6) is 0 Å². The number of hydrogen-bond acceptors (Lipinski definition) is 4. The maximum atomic E-state index is 11.4. The molecule has 0 radical (unpaired) electrons. The van der Waals surface area contributed by atoms with Crippen molar-refractivity contribution in [1.82, 2.24) is 14.4 Å². The highest BCUT2D eigenvalue weighted by atomic mass is 79.9. The van der Waals surface area contributed by atoms with Crippen LogP contribution in [-0.2, 0) is 10.1 Å². The van der Waals surface area contributed by atoms with Gasteiger partial charge in [-0.05, 0) is 22.0 Å². The second kappa shape index (κ2) is 4.50. The van der Waals surface area contributed by atoms with Crippen molar-refractivity contribution in [3.8, 4) is 0 Å². The van der Waals surface area contributed by atoms with Crippen molar-refractivity contribution >= 4 is 43.6 Å². The van der Waals surface area contributed by atoms with Gasteiger partial charge in [-0.3, -0.25) is 4.40 Å². The number of halogens is 2. The third-order valence-corrected chi connectivity index (χ3v) is 3.18. The number of methoxy groups -OCH3 is 1. The Morgan fingerprint density at radius 3 is 3.00 bits per heavy atom. The molecule has 0 saturated heterocycles. The smallest absolute Gasteiger partial charge is 0.356 e. The molecule has 2 heterocycles. The number of rotatable bonds is 2. The van der Waals surface area contributed by atoms with Gasteiger partial charge in [0.15, 0.2) is 5.69 Å². The maximum Gasteiger partial charge on any atom is 0.356 e. The molecule has 0 unspecified atom stereocenters. The fourth-order valence-corrected chi connectivity index (χ4v) is 2.24. The standard InChI is InChI=1S/C9H7Br2N3O2/c1-16-8(15)6-2-5(3-10)14-7(11)4-12-9(14)13-6/h2,4H,3H2,1H3. The Bertz CT molecular complexity index is 553. The zero-order chi connectivity index (χ0) is 11.7. The molecule has 2 aromatic rings. The molecule has 0 aliphatic carbocycles. The Morgan fingerprint density at radius 1 is 1.62 bits per heavy atom. The van der Waals surface area contributed by atoms with Crippen molar-refractivity contribution in [2.45, 2.75) is 5.33 Å². The van der Waals surface area contributed by atoms with Gasteiger partial charge in [0.05, 0.1) is 13.3 Å². The van der Waals surface area contributed by atoms with Crippen LogP contribution in [0.3, 0.4) is 0 Å². The second-order valence-corrected chi connectivity index (χ2v) is 4.35. The van der Waals surface area contributed by atoms with E-state index in [1.807, 2.05) is 0 Å². The molecular weight excluding hydrogens is 342 g/mol. The monoisotopic (exact) mass is 347 g/mol. The number of fused-ring (bicyclic) bond motifs is 1. The highest BCUT2D eigenvalue weighted by Crippen LogP contribution is 2.18. The van der Waals surface area contributed by atoms with Crippen LogP contribution in [-0.4, -0.2) is 27.4 Å². The normalized spacial score (nSPS) is 10.7. The van der Waals surface area contributed by atoms with Crippen LogP contribution in [0.4, 0.5) is 0 Å². The van der Waals surface area contributed by atoms with E-state index < -0.39 is 5.97 Å². The van der Waals surface area contributed by atoms with Gasteiger partial charge in [-0.15, -0.1) is 0 Å². The lowest BCUT2D eigenvalue weighted by Gasteiger charge is -2.05. The number of aromatic nitrogens is 3. The van der Waals surface area contributed by atoms with Crippen LogP contribution >= 0.6 is 31.9 Å². The SMILES string of the molecule is COC(=O)c1cc(CBr)n2c(Br)cnc2n1. The highest BCUT2D eigenvalue weighted by Gasteiger charge is 2.14. The van der Waals surface area contributed by atoms with Gasteiger partial charge in [0, 0.05) is 11.0 Å². The van der Waals surface area contributed by atoms with Gasteiger partial charge in [-0.2, -0.15) is 0 Å². The van der Waals surface area contributed by atoms with Gasteiger partial charge < -0.3 is 4.74 Å². The molecule has 0 aliphatic heterocycles. The van der Waals surface area contributed by atoms with Crippen molar-refractivity contribution in [1.29, 1.82) is 0 Å². The topological polar surface area (TPSA) is 56.5 Å². The molecule has 7 heteroatoms. The first-order valence-corrected chi connectivity index (χ1v) is 6.26. The van der Waals surface area contributed by atoms with Crippen molar-refractivity contribution < 1.29 is 9.53 Å². The molecule has 2 rings (SSSR count). The highest BCUT2D eigenvalue weighted by molar-refractivity contribution is 9.10. The first-order chi connectivity index (χ1) is 7.67. The molecule has 0 aliphatic rings. The average molecular weight is 349 g/mol. The summed E-state index contributed by atoms with van der Waals surface area (Å²) in [5, 5.41) is 0.588. The van der Waals surface area contributed by atoms with Crippen molar-refractivity contribution in [3.05, 3.63) is 28.3 Å². The zero-order valence-corrected chi connectivity index (χ0v) is 11.4. The number of carbonyl (C=O) groups is 1. The number of imidazole rings is 1. The predicted molar refractivity (Wildman–Crippen MR) is 64.7 cm³/mol. The summed E-state index contributed by atoms with van der Waals surface area (Å²) in [6.07, 6.45) is 1.63. The number of nitrogens with zero attached hydrogens (tertiary/aromatic N) is 3. The molecule has 0 spiro atoms. The molecule has 5 nitrogen and oxygen atoms in total. The molecule has 0 N–H and O–H groups in total. The van der Waals surface area contributed by atoms with Gasteiger partial charge in [-0.25, -0.2) is 14.8 Å². The van der Waals surface area contributed by atoms with Crippen LogP contribution in [0.1, 0.15) is 16.2 Å². The molecule has 16 heavy (non-hydrogen) atoms. The van der Waals surface area contributed by atoms with Gasteiger partial charge in [0.25, 0.3) is 0 Å². The van der Waals surface area contributed by atoms with Crippen LogP contribution in [0.2, 0.25) is 0 Å². The summed E-state index contributed by atoms with van der Waals surface area (Å²) < 4.78 is 7.23. The van der Waals surface area contributed by atoms with E-state index in [0.717, 1.165) is 10.3 Å². The molecule has 0 atom stereocenters. The Labute approximate surface area is 108 Å². The molecule has 84 valence electrons. The van der Waals surface area contributed by atoms with E-state index in [1.54, 1.807) is 16.7 Å². The van der Waals surface area contributed by atoms with Crippen LogP contribution in [0, 0.1) is 0 Å². The Kier molecular flexibility index (Phi) is 3.25. The van der Waals surface area contributed by atoms with Gasteiger partial charge in [0.1, 0.15) is 4.60 Å². The predicted octanol–water partition coefficient (Wildman–Crippen LogP) is 2.17. The van der Waals surface area contributed by atoms with Crippen LogP contribution in [0.25, 0.3) is 5.78 Å². The molecule has 0 fully saturated rings. The molecule has 0 bridgehead atoms. The number of carbonyl (C=O) groups excluding carboxylic acids is 1. The number of hydrogen-bond donors (Lipinski definition) is 0. The van der Waals surface area contributed by atoms with E-state index >= 15 is 0 Å². The quantitative estimate of drug-likeness (QED) is 0.616. The second-order valence-electron chi connectivity index (χ2n) is 2.97. The van der Waals surface area contributed by atoms with E-state index in [0.29, 0.717) is 11.1 Å². The van der Waals surface area contributed by atoms with E-state index in [9.17, 15) is 4.79 Å². The largest absolute Gasteiger partial charge is 0.464 e. The van der Waals surface area contributed by atoms with E-state index in [-0.39, 0.29) is 5.69 Å². The lowest BCUT2D eigenvalue weighted by atomic mass is 10.3. The average Bonchev–Trinajstić information content (AvgIpc) is 2.69. The molecule has 0 aromatic carbocycles. The zero-order valence-electron chi connectivity index (χ0n) is 8.28. The minimum Gasteiger partial charge on any atom is -0.464 e. The summed E-state index contributed by atoms with van der Waals surface area (Å²) in [6.45, 7) is 0. The summed E-state index contributed by atoms with van der Waals surface area (Å²) in [7, 11) is 1.32. The number of esters is 1. The van der Waals surface area contributed by atoms with E-state index in [2.05, 4.69) is 46.6 Å². The first kappa shape index (κ1) is 11.5. The molecule has 2 aromatic heterocycles. The van der Waals surface area contributed by atoms with Crippen molar-refractivity contribution in [3.63, 3.8) is 0 Å². The van der Waals surface area contributed by atoms with Gasteiger partial charge in [0.2, 0.25) is 5.78 Å². The summed E-state index contributed by atoms with van der Waals surface area (Å²) in [5.74, 6) is -0.00644. The fourth-order valence-electron chi connectivity index (χ4n) is 1.34. The third kappa shape index (κ3) is 1.84. The van der Waals surface area contributed by atoms with Crippen LogP contribution in [0.15, 0.2) is 16.9 Å². The van der Waals surface area contributed by atoms with Crippen molar-refractivity contribution in [2.75, 3.05) is 7.11 Å². The van der Waals surface area contributed by atoms with Gasteiger partial charge in [-0.1, -0.05) is 15.9 Å². The Balaban J connectivity index is 2.69. The van der Waals surface area contributed by atoms with E-state index in [4.69, 9.17) is 0 Å². The maximum absolute atomic E-state index is 11.4. The first-order valence-electron chi connectivity index (χ1n) is 4.34. The molecular formula is C9H7Br2N3O2. The summed E-state index contributed by atoms with van der Waals surface area (Å²) in [4.78, 5) is 19.6. The summed E-state index contributed by atoms with van der Waals surface area (Å²) in [5.41, 5.74) is 1.12. The van der Waals surface area contributed by atoms with Gasteiger partial charge >= 0.3 is 5.97 Å². The van der Waals surface area contributed by atoms with Crippen molar-refractivity contribution in [2.24, 2.45) is 0 Å². The number of alkyl halides is 1. The minimum atomic E-state index is -0.469. The van der Waals surface area contributed by atoms with Crippen LogP contribution < -0.4 is 0 Å². The molecule has 0 saturated carbocycles. The third-order valence-electron chi connectivity index (χ3n) is 2.04. The summed E-state index contributed by atoms with van der Waals surface area (Å²) in [6, 6.07) is 1.67. The fraction of sp³-hybridized carbons (Fsp3) is 0.222. The number of ether oxygens (including phenoxy) is 1. The van der Waals surface area contributed by atoms with E-state index in [1.165, 1.54) is 7.11 Å². The lowest BCUT2D eigenvalue weighted by molar-refractivity contribution is 0.0594. The Hall–Kier alpha value is -0.950. The lowest BCUT2D eigenvalue weighted by Crippen LogP contribution is -2.08. The Morgan fingerprint density at radius 2 is 2.38 bits per heavy atom. The summed E-state index contributed by atoms with van der Waals surface area (Å²) >= 11 is 6.71. The molecule has 0 amide bonds. The minimum absolute atomic E-state index is 0.252.